The van der Waals surface area contributed by atoms with Gasteiger partial charge >= 0.3 is 0 Å². The third kappa shape index (κ3) is 7.73. The van der Waals surface area contributed by atoms with Crippen molar-refractivity contribution < 1.29 is 24.2 Å². The van der Waals surface area contributed by atoms with Crippen molar-refractivity contribution in [2.24, 2.45) is 5.73 Å². The normalized spacial score (nSPS) is 15.4. The quantitative estimate of drug-likeness (QED) is 0.378. The van der Waals surface area contributed by atoms with Crippen LogP contribution in [0.25, 0.3) is 0 Å². The van der Waals surface area contributed by atoms with Gasteiger partial charge in [0.2, 0.25) is 5.91 Å². The number of carbonyl (C=O) groups excluding carboxylic acids is 3. The molecule has 0 aliphatic carbocycles. The zero-order valence-electron chi connectivity index (χ0n) is 15.1. The molecule has 2 unspecified atom stereocenters. The second-order valence-corrected chi connectivity index (χ2v) is 6.15. The van der Waals surface area contributed by atoms with Gasteiger partial charge in [0, 0.05) is 6.04 Å². The van der Waals surface area contributed by atoms with Crippen LogP contribution in [0.5, 0.6) is 0 Å². The van der Waals surface area contributed by atoms with Crippen LogP contribution in [0.15, 0.2) is 30.3 Å². The summed E-state index contributed by atoms with van der Waals surface area (Å²) in [6.45, 7) is 2.76. The van der Waals surface area contributed by atoms with Gasteiger partial charge in [-0.1, -0.05) is 30.3 Å². The summed E-state index contributed by atoms with van der Waals surface area (Å²) in [5.74, 6) is -1.13. The highest BCUT2D eigenvalue weighted by Crippen LogP contribution is 2.02. The van der Waals surface area contributed by atoms with Gasteiger partial charge < -0.3 is 31.0 Å². The Labute approximate surface area is 153 Å². The number of ether oxygens (including phenoxy) is 1. The molecule has 26 heavy (non-hydrogen) atoms. The summed E-state index contributed by atoms with van der Waals surface area (Å²) in [6, 6.07) is 7.38. The van der Waals surface area contributed by atoms with Gasteiger partial charge in [0.15, 0.2) is 6.10 Å². The standard InChI is InChI=1S/C18H27N3O5/c1-12(19)11-26-16(10-23)18(25)20-13(2)17(24)21-15(9-22)8-14-6-4-3-5-7-14/h3-7,9,12-13,15-16,23H,8,10-11,19H2,1-2H3,(H,20,25)(H,21,24)/t12-,13-,15?,16?/m0/s1. The molecule has 0 radical (unpaired) electrons. The van der Waals surface area contributed by atoms with Crippen molar-refractivity contribution >= 4 is 18.1 Å². The molecule has 0 aliphatic heterocycles. The second kappa shape index (κ2) is 11.3. The molecule has 0 fully saturated rings. The van der Waals surface area contributed by atoms with Crippen LogP contribution in [0.2, 0.25) is 0 Å². The molecule has 144 valence electrons. The lowest BCUT2D eigenvalue weighted by atomic mass is 10.1. The molecule has 0 saturated heterocycles. The molecule has 0 aliphatic rings. The summed E-state index contributed by atoms with van der Waals surface area (Å²) < 4.78 is 5.20. The maximum Gasteiger partial charge on any atom is 0.252 e. The van der Waals surface area contributed by atoms with Gasteiger partial charge in [-0.25, -0.2) is 0 Å². The van der Waals surface area contributed by atoms with Crippen molar-refractivity contribution in [3.05, 3.63) is 35.9 Å². The number of aliphatic hydroxyl groups excluding tert-OH is 1. The highest BCUT2D eigenvalue weighted by Gasteiger charge is 2.24. The molecule has 1 aromatic carbocycles. The number of hydrogen-bond acceptors (Lipinski definition) is 6. The predicted molar refractivity (Wildman–Crippen MR) is 96.2 cm³/mol. The lowest BCUT2D eigenvalue weighted by Gasteiger charge is -2.21. The summed E-state index contributed by atoms with van der Waals surface area (Å²) in [5, 5.41) is 14.3. The third-order valence-corrected chi connectivity index (χ3v) is 3.56. The number of nitrogens with one attached hydrogen (secondary N) is 2. The van der Waals surface area contributed by atoms with E-state index in [1.807, 2.05) is 30.3 Å². The Morgan fingerprint density at radius 2 is 1.85 bits per heavy atom. The molecule has 0 bridgehead atoms. The minimum absolute atomic E-state index is 0.101. The van der Waals surface area contributed by atoms with Gasteiger partial charge in [0.05, 0.1) is 19.3 Å². The highest BCUT2D eigenvalue weighted by atomic mass is 16.5. The van der Waals surface area contributed by atoms with Crippen LogP contribution in [-0.4, -0.2) is 60.7 Å². The first kappa shape index (κ1) is 21.8. The van der Waals surface area contributed by atoms with Gasteiger partial charge in [0.1, 0.15) is 12.3 Å². The van der Waals surface area contributed by atoms with Crippen LogP contribution < -0.4 is 16.4 Å². The summed E-state index contributed by atoms with van der Waals surface area (Å²) >= 11 is 0. The van der Waals surface area contributed by atoms with Crippen LogP contribution in [0, 0.1) is 0 Å². The SMILES string of the molecule is C[C@H](N)COC(CO)C(=O)N[C@@H](C)C(=O)NC(C=O)Cc1ccccc1. The van der Waals surface area contributed by atoms with Gasteiger partial charge in [-0.2, -0.15) is 0 Å². The molecule has 0 saturated carbocycles. The van der Waals surface area contributed by atoms with Crippen molar-refractivity contribution in [2.45, 2.75) is 44.5 Å². The molecule has 8 nitrogen and oxygen atoms in total. The highest BCUT2D eigenvalue weighted by molar-refractivity contribution is 5.90. The smallest absolute Gasteiger partial charge is 0.252 e. The zero-order valence-corrected chi connectivity index (χ0v) is 15.1. The van der Waals surface area contributed by atoms with E-state index in [1.54, 1.807) is 6.92 Å². The number of aliphatic hydroxyl groups is 1. The van der Waals surface area contributed by atoms with Crippen molar-refractivity contribution in [1.29, 1.82) is 0 Å². The maximum atomic E-state index is 12.2. The van der Waals surface area contributed by atoms with Gasteiger partial charge in [0.25, 0.3) is 5.91 Å². The first-order valence-corrected chi connectivity index (χ1v) is 8.45. The van der Waals surface area contributed by atoms with E-state index in [-0.39, 0.29) is 12.6 Å². The maximum absolute atomic E-state index is 12.2. The zero-order chi connectivity index (χ0) is 19.5. The summed E-state index contributed by atoms with van der Waals surface area (Å²) in [4.78, 5) is 35.5. The first-order chi connectivity index (χ1) is 12.4. The van der Waals surface area contributed by atoms with E-state index < -0.39 is 36.6 Å². The molecule has 1 aromatic rings. The number of aldehydes is 1. The summed E-state index contributed by atoms with van der Waals surface area (Å²) in [5.41, 5.74) is 6.45. The summed E-state index contributed by atoms with van der Waals surface area (Å²) in [6.07, 6.45) is -0.0997. The fourth-order valence-electron chi connectivity index (χ4n) is 2.16. The first-order valence-electron chi connectivity index (χ1n) is 8.45. The number of carbonyl (C=O) groups is 3. The molecular formula is C18H27N3O5. The fourth-order valence-corrected chi connectivity index (χ4v) is 2.16. The van der Waals surface area contributed by atoms with E-state index in [9.17, 15) is 19.5 Å². The minimum atomic E-state index is -1.11. The van der Waals surface area contributed by atoms with E-state index in [0.717, 1.165) is 5.56 Å². The van der Waals surface area contributed by atoms with Gasteiger partial charge in [-0.3, -0.25) is 9.59 Å². The van der Waals surface area contributed by atoms with Crippen LogP contribution in [-0.2, 0) is 25.5 Å². The van der Waals surface area contributed by atoms with Crippen molar-refractivity contribution in [3.8, 4) is 0 Å². The van der Waals surface area contributed by atoms with Crippen LogP contribution >= 0.6 is 0 Å². The number of amides is 2. The largest absolute Gasteiger partial charge is 0.393 e. The monoisotopic (exact) mass is 365 g/mol. The molecule has 1 rings (SSSR count). The number of rotatable bonds is 11. The number of hydrogen-bond donors (Lipinski definition) is 4. The molecular weight excluding hydrogens is 338 g/mol. The number of benzene rings is 1. The molecule has 8 heteroatoms. The van der Waals surface area contributed by atoms with Gasteiger partial charge in [-0.15, -0.1) is 0 Å². The van der Waals surface area contributed by atoms with E-state index in [2.05, 4.69) is 10.6 Å². The fraction of sp³-hybridized carbons (Fsp3) is 0.500. The van der Waals surface area contributed by atoms with Crippen molar-refractivity contribution in [3.63, 3.8) is 0 Å². The van der Waals surface area contributed by atoms with Crippen LogP contribution in [0.1, 0.15) is 19.4 Å². The molecule has 0 spiro atoms. The van der Waals surface area contributed by atoms with Crippen LogP contribution in [0.4, 0.5) is 0 Å². The minimum Gasteiger partial charge on any atom is -0.393 e. The number of nitrogens with two attached hydrogens (primary N) is 1. The Hall–Kier alpha value is -2.29. The molecule has 5 N–H and O–H groups in total. The van der Waals surface area contributed by atoms with E-state index in [0.29, 0.717) is 12.7 Å². The molecule has 0 aromatic heterocycles. The predicted octanol–water partition coefficient (Wildman–Crippen LogP) is -0.858. The van der Waals surface area contributed by atoms with E-state index in [4.69, 9.17) is 10.5 Å². The Morgan fingerprint density at radius 3 is 2.38 bits per heavy atom. The van der Waals surface area contributed by atoms with Crippen molar-refractivity contribution in [1.82, 2.24) is 10.6 Å². The lowest BCUT2D eigenvalue weighted by Crippen LogP contribution is -2.52. The Bertz CT molecular complexity index is 579. The third-order valence-electron chi connectivity index (χ3n) is 3.56. The molecule has 4 atom stereocenters. The van der Waals surface area contributed by atoms with Crippen molar-refractivity contribution in [2.75, 3.05) is 13.2 Å². The topological polar surface area (TPSA) is 131 Å². The summed E-state index contributed by atoms with van der Waals surface area (Å²) in [7, 11) is 0. The Balaban J connectivity index is 2.54. The van der Waals surface area contributed by atoms with Gasteiger partial charge in [-0.05, 0) is 25.8 Å². The Morgan fingerprint density at radius 1 is 1.19 bits per heavy atom. The lowest BCUT2D eigenvalue weighted by molar-refractivity contribution is -0.139. The molecule has 2 amide bonds. The Kier molecular flexibility index (Phi) is 9.50. The molecule has 0 heterocycles. The van der Waals surface area contributed by atoms with E-state index >= 15 is 0 Å². The second-order valence-electron chi connectivity index (χ2n) is 6.15. The average molecular weight is 365 g/mol. The van der Waals surface area contributed by atoms with Crippen LogP contribution in [0.3, 0.4) is 0 Å². The van der Waals surface area contributed by atoms with E-state index in [1.165, 1.54) is 6.92 Å². The average Bonchev–Trinajstić information content (AvgIpc) is 2.62.